The zero-order valence-corrected chi connectivity index (χ0v) is 17.2. The van der Waals surface area contributed by atoms with E-state index in [1.165, 1.54) is 6.92 Å². The van der Waals surface area contributed by atoms with Crippen LogP contribution in [0.3, 0.4) is 0 Å². The Morgan fingerprint density at radius 1 is 1.21 bits per heavy atom. The number of alkyl carbamates (subject to hydrolysis) is 1. The maximum atomic E-state index is 12.4. The lowest BCUT2D eigenvalue weighted by Gasteiger charge is -2.37. The summed E-state index contributed by atoms with van der Waals surface area (Å²) < 4.78 is 11.4. The van der Waals surface area contributed by atoms with E-state index in [9.17, 15) is 14.9 Å². The molecule has 0 saturated carbocycles. The van der Waals surface area contributed by atoms with E-state index >= 15 is 0 Å². The van der Waals surface area contributed by atoms with E-state index in [2.05, 4.69) is 16.7 Å². The summed E-state index contributed by atoms with van der Waals surface area (Å²) in [6, 6.07) is 10.5. The summed E-state index contributed by atoms with van der Waals surface area (Å²) in [5.41, 5.74) is 1.38. The van der Waals surface area contributed by atoms with Crippen LogP contribution in [0.5, 0.6) is 0 Å². The van der Waals surface area contributed by atoms with Crippen LogP contribution in [0.15, 0.2) is 42.0 Å². The fourth-order valence-electron chi connectivity index (χ4n) is 3.35. The summed E-state index contributed by atoms with van der Waals surface area (Å²) in [4.78, 5) is 24.1. The number of carbonyl (C=O) groups is 2. The van der Waals surface area contributed by atoms with Crippen molar-refractivity contribution in [1.82, 2.24) is 10.6 Å². The van der Waals surface area contributed by atoms with Crippen molar-refractivity contribution in [2.75, 3.05) is 0 Å². The van der Waals surface area contributed by atoms with Crippen molar-refractivity contribution in [3.05, 3.63) is 47.5 Å². The Morgan fingerprint density at radius 3 is 2.48 bits per heavy atom. The normalized spacial score (nSPS) is 21.1. The van der Waals surface area contributed by atoms with Gasteiger partial charge in [0.2, 0.25) is 5.91 Å². The highest BCUT2D eigenvalue weighted by atomic mass is 16.5. The number of ether oxygens (including phenoxy) is 2. The van der Waals surface area contributed by atoms with Gasteiger partial charge in [0.1, 0.15) is 6.61 Å². The SMILES string of the molecule is CCC(CC)OC1C=C(C#N)CC(NC(=O)OCc2ccccc2)C1NC(C)=O. The second-order valence-corrected chi connectivity index (χ2v) is 7.09. The van der Waals surface area contributed by atoms with Gasteiger partial charge >= 0.3 is 6.09 Å². The second-order valence-electron chi connectivity index (χ2n) is 7.09. The van der Waals surface area contributed by atoms with Gasteiger partial charge in [0.05, 0.1) is 30.4 Å². The van der Waals surface area contributed by atoms with Gasteiger partial charge in [-0.1, -0.05) is 44.2 Å². The average Bonchev–Trinajstić information content (AvgIpc) is 2.72. The van der Waals surface area contributed by atoms with Crippen LogP contribution in [-0.2, 0) is 20.9 Å². The van der Waals surface area contributed by atoms with Gasteiger partial charge in [0.25, 0.3) is 0 Å². The Balaban J connectivity index is 2.11. The quantitative estimate of drug-likeness (QED) is 0.699. The molecule has 29 heavy (non-hydrogen) atoms. The number of rotatable bonds is 8. The van der Waals surface area contributed by atoms with Crippen molar-refractivity contribution in [2.45, 2.75) is 70.9 Å². The van der Waals surface area contributed by atoms with Crippen LogP contribution >= 0.6 is 0 Å². The molecule has 0 spiro atoms. The highest BCUT2D eigenvalue weighted by Gasteiger charge is 2.37. The topological polar surface area (TPSA) is 100 Å². The first-order valence-electron chi connectivity index (χ1n) is 9.97. The number of nitrogens with one attached hydrogen (secondary N) is 2. The molecular formula is C22H29N3O4. The summed E-state index contributed by atoms with van der Waals surface area (Å²) >= 11 is 0. The molecule has 2 rings (SSSR count). The van der Waals surface area contributed by atoms with Gasteiger partial charge in [-0.05, 0) is 24.5 Å². The predicted octanol–water partition coefficient (Wildman–Crippen LogP) is 3.21. The van der Waals surface area contributed by atoms with Gasteiger partial charge in [0, 0.05) is 18.9 Å². The summed E-state index contributed by atoms with van der Waals surface area (Å²) in [5, 5.41) is 15.1. The highest BCUT2D eigenvalue weighted by molar-refractivity contribution is 5.74. The minimum atomic E-state index is -0.602. The Hall–Kier alpha value is -2.85. The van der Waals surface area contributed by atoms with Crippen LogP contribution in [-0.4, -0.2) is 36.3 Å². The van der Waals surface area contributed by atoms with Gasteiger partial charge in [0.15, 0.2) is 0 Å². The molecule has 1 aromatic rings. The van der Waals surface area contributed by atoms with Crippen LogP contribution < -0.4 is 10.6 Å². The van der Waals surface area contributed by atoms with Crippen LogP contribution in [0.4, 0.5) is 4.79 Å². The first kappa shape index (κ1) is 22.4. The molecule has 7 nitrogen and oxygen atoms in total. The fourth-order valence-corrected chi connectivity index (χ4v) is 3.35. The van der Waals surface area contributed by atoms with Crippen molar-refractivity contribution in [3.63, 3.8) is 0 Å². The number of hydrogen-bond donors (Lipinski definition) is 2. The number of carbonyl (C=O) groups excluding carboxylic acids is 2. The Labute approximate surface area is 172 Å². The smallest absolute Gasteiger partial charge is 0.407 e. The van der Waals surface area contributed by atoms with Crippen molar-refractivity contribution in [3.8, 4) is 6.07 Å². The number of nitrogens with zero attached hydrogens (tertiary/aromatic N) is 1. The molecule has 1 aromatic carbocycles. The average molecular weight is 399 g/mol. The number of hydrogen-bond acceptors (Lipinski definition) is 5. The maximum Gasteiger partial charge on any atom is 0.407 e. The molecule has 1 aliphatic carbocycles. The maximum absolute atomic E-state index is 12.4. The molecule has 2 amide bonds. The van der Waals surface area contributed by atoms with Crippen LogP contribution in [0.1, 0.15) is 45.6 Å². The van der Waals surface area contributed by atoms with Crippen molar-refractivity contribution >= 4 is 12.0 Å². The van der Waals surface area contributed by atoms with Crippen LogP contribution in [0.2, 0.25) is 0 Å². The number of amides is 2. The first-order chi connectivity index (χ1) is 14.0. The molecule has 0 heterocycles. The minimum absolute atomic E-state index is 0.00349. The molecule has 7 heteroatoms. The first-order valence-corrected chi connectivity index (χ1v) is 9.97. The Bertz CT molecular complexity index is 753. The predicted molar refractivity (Wildman–Crippen MR) is 109 cm³/mol. The lowest BCUT2D eigenvalue weighted by Crippen LogP contribution is -2.59. The van der Waals surface area contributed by atoms with Crippen LogP contribution in [0, 0.1) is 11.3 Å². The standard InChI is InChI=1S/C22H29N3O4/c1-4-18(5-2)29-20-12-17(13-23)11-19(21(20)24-15(3)26)25-22(27)28-14-16-9-7-6-8-10-16/h6-10,12,18-21H,4-5,11,14H2,1-3H3,(H,24,26)(H,25,27). The Kier molecular flexibility index (Phi) is 8.68. The van der Waals surface area contributed by atoms with Crippen molar-refractivity contribution < 1.29 is 19.1 Å². The molecule has 0 fully saturated rings. The van der Waals surface area contributed by atoms with E-state index in [4.69, 9.17) is 9.47 Å². The highest BCUT2D eigenvalue weighted by Crippen LogP contribution is 2.24. The van der Waals surface area contributed by atoms with E-state index in [-0.39, 0.29) is 18.6 Å². The van der Waals surface area contributed by atoms with E-state index in [0.717, 1.165) is 18.4 Å². The second kappa shape index (κ2) is 11.2. The molecule has 3 unspecified atom stereocenters. The van der Waals surface area contributed by atoms with E-state index in [1.807, 2.05) is 44.2 Å². The minimum Gasteiger partial charge on any atom is -0.445 e. The summed E-state index contributed by atoms with van der Waals surface area (Å²) in [6.45, 7) is 5.60. The molecule has 0 saturated heterocycles. The third-order valence-electron chi connectivity index (χ3n) is 4.88. The molecule has 0 bridgehead atoms. The van der Waals surface area contributed by atoms with Crippen molar-refractivity contribution in [2.24, 2.45) is 0 Å². The molecule has 156 valence electrons. The molecule has 0 radical (unpaired) electrons. The molecule has 3 atom stereocenters. The fraction of sp³-hybridized carbons (Fsp3) is 0.500. The van der Waals surface area contributed by atoms with Gasteiger partial charge in [-0.25, -0.2) is 4.79 Å². The van der Waals surface area contributed by atoms with Gasteiger partial charge in [-0.15, -0.1) is 0 Å². The monoisotopic (exact) mass is 399 g/mol. The molecule has 0 aromatic heterocycles. The van der Waals surface area contributed by atoms with Crippen LogP contribution in [0.25, 0.3) is 0 Å². The molecule has 2 N–H and O–H groups in total. The van der Waals surface area contributed by atoms with E-state index < -0.39 is 24.3 Å². The zero-order chi connectivity index (χ0) is 21.2. The number of nitriles is 1. The largest absolute Gasteiger partial charge is 0.445 e. The van der Waals surface area contributed by atoms with Crippen molar-refractivity contribution in [1.29, 1.82) is 5.26 Å². The van der Waals surface area contributed by atoms with Gasteiger partial charge in [-0.2, -0.15) is 5.26 Å². The molecular weight excluding hydrogens is 370 g/mol. The third kappa shape index (κ3) is 6.91. The summed E-state index contributed by atoms with van der Waals surface area (Å²) in [5.74, 6) is -0.230. The zero-order valence-electron chi connectivity index (χ0n) is 17.2. The lowest BCUT2D eigenvalue weighted by molar-refractivity contribution is -0.121. The third-order valence-corrected chi connectivity index (χ3v) is 4.88. The summed E-state index contributed by atoms with van der Waals surface area (Å²) in [6.07, 6.45) is 2.55. The lowest BCUT2D eigenvalue weighted by atomic mass is 9.88. The molecule has 1 aliphatic rings. The van der Waals surface area contributed by atoms with Gasteiger partial charge < -0.3 is 20.1 Å². The van der Waals surface area contributed by atoms with Gasteiger partial charge in [-0.3, -0.25) is 4.79 Å². The summed E-state index contributed by atoms with van der Waals surface area (Å²) in [7, 11) is 0. The van der Waals surface area contributed by atoms with E-state index in [1.54, 1.807) is 6.08 Å². The molecule has 0 aliphatic heterocycles. The Morgan fingerprint density at radius 2 is 1.90 bits per heavy atom. The van der Waals surface area contributed by atoms with E-state index in [0.29, 0.717) is 12.0 Å². The number of benzene rings is 1.